The van der Waals surface area contributed by atoms with Crippen LogP contribution >= 0.6 is 0 Å². The minimum absolute atomic E-state index is 0.0346. The summed E-state index contributed by atoms with van der Waals surface area (Å²) in [4.78, 5) is 48.7. The van der Waals surface area contributed by atoms with E-state index >= 15 is 0 Å². The summed E-state index contributed by atoms with van der Waals surface area (Å²) in [6.07, 6.45) is -3.24. The lowest BCUT2D eigenvalue weighted by molar-refractivity contribution is -0.153. The van der Waals surface area contributed by atoms with Crippen molar-refractivity contribution in [3.63, 3.8) is 0 Å². The Labute approximate surface area is 202 Å². The van der Waals surface area contributed by atoms with Gasteiger partial charge in [-0.15, -0.1) is 0 Å². The van der Waals surface area contributed by atoms with Gasteiger partial charge in [0, 0.05) is 45.6 Å². The van der Waals surface area contributed by atoms with Gasteiger partial charge in [0.2, 0.25) is 5.91 Å². The first-order valence-electron chi connectivity index (χ1n) is 10.5. The van der Waals surface area contributed by atoms with Gasteiger partial charge in [-0.25, -0.2) is 0 Å². The van der Waals surface area contributed by atoms with E-state index in [2.05, 4.69) is 15.3 Å². The Morgan fingerprint density at radius 2 is 1.54 bits per heavy atom. The van der Waals surface area contributed by atoms with E-state index in [1.807, 2.05) is 0 Å². The van der Waals surface area contributed by atoms with Crippen LogP contribution in [0.15, 0.2) is 16.6 Å². The molecule has 35 heavy (non-hydrogen) atoms. The fourth-order valence-electron chi connectivity index (χ4n) is 2.41. The van der Waals surface area contributed by atoms with Crippen molar-refractivity contribution < 1.29 is 52.7 Å². The number of carbonyl (C=O) groups excluding carboxylic acids is 4. The van der Waals surface area contributed by atoms with Crippen LogP contribution in [0.5, 0.6) is 0 Å². The van der Waals surface area contributed by atoms with Crippen molar-refractivity contribution in [1.29, 1.82) is 0 Å². The molecule has 1 amide bonds. The van der Waals surface area contributed by atoms with Crippen LogP contribution in [0, 0.1) is 0 Å². The molecule has 0 aromatic rings. The second-order valence-corrected chi connectivity index (χ2v) is 6.68. The number of hydrogen-bond donors (Lipinski definition) is 2. The molecule has 0 aliphatic heterocycles. The van der Waals surface area contributed by atoms with Crippen LogP contribution in [0.2, 0.25) is 0 Å². The molecule has 0 aliphatic rings. The Balaban J connectivity index is 5.33. The van der Waals surface area contributed by atoms with Gasteiger partial charge in [0.1, 0.15) is 5.70 Å². The van der Waals surface area contributed by atoms with Gasteiger partial charge in [0.15, 0.2) is 18.2 Å². The Morgan fingerprint density at radius 1 is 0.914 bits per heavy atom. The normalized spacial score (nSPS) is 12.9. The van der Waals surface area contributed by atoms with Gasteiger partial charge in [-0.05, 0) is 5.53 Å². The first kappa shape index (κ1) is 31.8. The second kappa shape index (κ2) is 19.1. The lowest BCUT2D eigenvalue weighted by Crippen LogP contribution is -2.36. The Bertz CT molecular complexity index is 781. The van der Waals surface area contributed by atoms with Gasteiger partial charge in [0.25, 0.3) is 0 Å². The molecule has 0 heterocycles. The predicted octanol–water partition coefficient (Wildman–Crippen LogP) is 0.461. The van der Waals surface area contributed by atoms with Crippen LogP contribution < -0.4 is 5.32 Å². The third kappa shape index (κ3) is 16.9. The van der Waals surface area contributed by atoms with Crippen LogP contribution in [0.4, 0.5) is 0 Å². The highest BCUT2D eigenvalue weighted by Crippen LogP contribution is 2.20. The molecular weight excluding hydrogens is 472 g/mol. The van der Waals surface area contributed by atoms with Crippen molar-refractivity contribution in [3.8, 4) is 0 Å². The van der Waals surface area contributed by atoms with Crippen molar-refractivity contribution in [3.05, 3.63) is 21.9 Å². The van der Waals surface area contributed by atoms with E-state index in [1.54, 1.807) is 0 Å². The molecule has 2 atom stereocenters. The molecule has 0 spiro atoms. The van der Waals surface area contributed by atoms with Crippen molar-refractivity contribution in [2.24, 2.45) is 5.11 Å². The topological polar surface area (TPSA) is 205 Å². The lowest BCUT2D eigenvalue weighted by atomic mass is 10.1. The van der Waals surface area contributed by atoms with Gasteiger partial charge in [-0.1, -0.05) is 5.11 Å². The van der Waals surface area contributed by atoms with Crippen molar-refractivity contribution in [1.82, 2.24) is 5.32 Å². The minimum Gasteiger partial charge on any atom is -0.466 e. The van der Waals surface area contributed by atoms with Gasteiger partial charge < -0.3 is 38.8 Å². The number of carbonyl (C=O) groups is 4. The molecule has 0 rings (SSSR count). The maximum absolute atomic E-state index is 11.7. The minimum atomic E-state index is -1.80. The number of esters is 3. The highest BCUT2D eigenvalue weighted by Gasteiger charge is 2.30. The molecule has 0 bridgehead atoms. The molecule has 15 heteroatoms. The first-order valence-corrected chi connectivity index (χ1v) is 10.5. The molecule has 2 N–H and O–H groups in total. The summed E-state index contributed by atoms with van der Waals surface area (Å²) >= 11 is 0. The Morgan fingerprint density at radius 3 is 2.09 bits per heavy atom. The molecule has 0 aromatic heterocycles. The van der Waals surface area contributed by atoms with Gasteiger partial charge >= 0.3 is 17.9 Å². The standard InChI is InChI=1S/C20H32N4O11/c1-13(25)23-18(20(29)33-12-11-31-10-9-30-8-6-22-24-21)19(35-16(4)28)17(34-15(3)27)5-7-32-14(2)26/h17,20,29H,5-12H2,1-4H3,(H,23,25)/b19-18-. The first-order chi connectivity index (χ1) is 16.6. The number of azide groups is 1. The number of nitrogens with one attached hydrogen (secondary N) is 1. The van der Waals surface area contributed by atoms with E-state index in [0.29, 0.717) is 0 Å². The average Bonchev–Trinajstić information content (AvgIpc) is 2.75. The molecule has 0 saturated heterocycles. The molecule has 15 nitrogen and oxygen atoms in total. The highest BCUT2D eigenvalue weighted by molar-refractivity contribution is 5.75. The van der Waals surface area contributed by atoms with E-state index in [1.165, 1.54) is 6.92 Å². The van der Waals surface area contributed by atoms with Gasteiger partial charge in [-0.2, -0.15) is 0 Å². The fraction of sp³-hybridized carbons (Fsp3) is 0.700. The number of amides is 1. The van der Waals surface area contributed by atoms with Gasteiger partial charge in [-0.3, -0.25) is 19.2 Å². The van der Waals surface area contributed by atoms with Crippen LogP contribution in [0.1, 0.15) is 34.1 Å². The lowest BCUT2D eigenvalue weighted by Gasteiger charge is -2.25. The summed E-state index contributed by atoms with van der Waals surface area (Å²) in [7, 11) is 0. The van der Waals surface area contributed by atoms with Crippen LogP contribution in [-0.2, 0) is 47.6 Å². The zero-order valence-electron chi connectivity index (χ0n) is 20.2. The van der Waals surface area contributed by atoms with Crippen LogP contribution in [0.3, 0.4) is 0 Å². The van der Waals surface area contributed by atoms with E-state index < -0.39 is 42.0 Å². The number of nitrogens with zero attached hydrogens (tertiary/aromatic N) is 3. The maximum Gasteiger partial charge on any atom is 0.307 e. The summed E-state index contributed by atoms with van der Waals surface area (Å²) in [5, 5.41) is 16.2. The average molecular weight is 504 g/mol. The summed E-state index contributed by atoms with van der Waals surface area (Å²) in [5.74, 6) is -3.20. The Kier molecular flexibility index (Phi) is 17.4. The van der Waals surface area contributed by atoms with E-state index in [0.717, 1.165) is 20.8 Å². The number of hydrogen-bond acceptors (Lipinski definition) is 12. The molecule has 0 aliphatic carbocycles. The van der Waals surface area contributed by atoms with Crippen molar-refractivity contribution in [2.45, 2.75) is 46.5 Å². The zero-order valence-corrected chi connectivity index (χ0v) is 20.2. The highest BCUT2D eigenvalue weighted by atomic mass is 16.6. The van der Waals surface area contributed by atoms with E-state index in [4.69, 9.17) is 34.0 Å². The molecule has 0 aromatic carbocycles. The SMILES string of the molecule is CC(=O)N/C(=C(\OC(C)=O)C(CCOC(C)=O)OC(C)=O)C(O)OCCOCCOCCN=[N+]=[N-]. The largest absolute Gasteiger partial charge is 0.466 e. The van der Waals surface area contributed by atoms with E-state index in [9.17, 15) is 24.3 Å². The van der Waals surface area contributed by atoms with Crippen LogP contribution in [0.25, 0.3) is 10.4 Å². The number of ether oxygens (including phenoxy) is 6. The molecule has 198 valence electrons. The summed E-state index contributed by atoms with van der Waals surface area (Å²) in [5.41, 5.74) is 7.78. The quantitative estimate of drug-likeness (QED) is 0.0383. The Hall–Kier alpha value is -3.23. The molecule has 0 saturated carbocycles. The molecule has 0 radical (unpaired) electrons. The number of rotatable bonds is 18. The third-order valence-corrected chi connectivity index (χ3v) is 3.64. The second-order valence-electron chi connectivity index (χ2n) is 6.68. The van der Waals surface area contributed by atoms with Crippen molar-refractivity contribution in [2.75, 3.05) is 46.2 Å². The summed E-state index contributed by atoms with van der Waals surface area (Å²) < 4.78 is 30.9. The number of aliphatic hydroxyl groups is 1. The third-order valence-electron chi connectivity index (χ3n) is 3.64. The predicted molar refractivity (Wildman–Crippen MR) is 117 cm³/mol. The van der Waals surface area contributed by atoms with Crippen molar-refractivity contribution >= 4 is 23.8 Å². The number of aliphatic hydroxyl groups excluding tert-OH is 1. The molecule has 2 unspecified atom stereocenters. The maximum atomic E-state index is 11.7. The summed E-state index contributed by atoms with van der Waals surface area (Å²) in [6, 6.07) is 0. The molecular formula is C20H32N4O11. The van der Waals surface area contributed by atoms with Crippen LogP contribution in [-0.4, -0.2) is 87.5 Å². The molecule has 0 fully saturated rings. The monoisotopic (exact) mass is 504 g/mol. The van der Waals surface area contributed by atoms with Gasteiger partial charge in [0.05, 0.1) is 39.6 Å². The summed E-state index contributed by atoms with van der Waals surface area (Å²) in [6.45, 7) is 5.07. The smallest absolute Gasteiger partial charge is 0.307 e. The van der Waals surface area contributed by atoms with E-state index in [-0.39, 0.29) is 58.3 Å². The fourth-order valence-corrected chi connectivity index (χ4v) is 2.41. The zero-order chi connectivity index (χ0) is 26.6.